The molecule has 0 saturated heterocycles. The van der Waals surface area contributed by atoms with Gasteiger partial charge in [-0.3, -0.25) is 0 Å². The lowest BCUT2D eigenvalue weighted by atomic mass is 9.91. The highest BCUT2D eigenvalue weighted by Crippen LogP contribution is 2.45. The van der Waals surface area contributed by atoms with Crippen LogP contribution in [0.3, 0.4) is 0 Å². The predicted octanol–water partition coefficient (Wildman–Crippen LogP) is 13.4. The van der Waals surface area contributed by atoms with Crippen molar-refractivity contribution in [3.05, 3.63) is 197 Å². The van der Waals surface area contributed by atoms with E-state index < -0.39 is 0 Å². The molecule has 53 heavy (non-hydrogen) atoms. The van der Waals surface area contributed by atoms with Crippen LogP contribution in [0.2, 0.25) is 0 Å². The molecule has 3 aliphatic rings. The summed E-state index contributed by atoms with van der Waals surface area (Å²) in [5.41, 5.74) is 10.8. The molecule has 256 valence electrons. The van der Waals surface area contributed by atoms with Crippen molar-refractivity contribution < 1.29 is 9.47 Å². The Kier molecular flexibility index (Phi) is 7.92. The molecule has 0 amide bonds. The molecule has 1 aromatic heterocycles. The number of nitrogens with zero attached hydrogens (tertiary/aromatic N) is 2. The van der Waals surface area contributed by atoms with Gasteiger partial charge in [0.05, 0.1) is 0 Å². The first-order valence-corrected chi connectivity index (χ1v) is 19.1. The molecule has 10 rings (SSSR count). The second kappa shape index (κ2) is 13.4. The second-order valence-electron chi connectivity index (χ2n) is 13.6. The van der Waals surface area contributed by atoms with Crippen LogP contribution in [0, 0.1) is 0 Å². The van der Waals surface area contributed by atoms with Crippen LogP contribution in [0.4, 0.5) is 28.4 Å². The molecule has 7 aromatic rings. The second-order valence-corrected chi connectivity index (χ2v) is 14.7. The summed E-state index contributed by atoms with van der Waals surface area (Å²) < 4.78 is 14.0. The average molecular weight is 705 g/mol. The molecule has 5 heteroatoms. The standard InChI is InChI=1S/C48H36N2O2S/c1-4-14-35(15-5-1)49(36-16-6-2-7-17-36)39-25-28-48-42(31-39)41-30-34(23-27-47(41)53-48)33-13-12-20-38(29-33)50(37-18-8-3-9-19-37)40-24-26-45-46(32-40)52-44-22-11-10-21-43(44)51-45/h1-22,25,28-32H,23-24,26-27H2. The van der Waals surface area contributed by atoms with Gasteiger partial charge in [0.25, 0.3) is 0 Å². The number of aryl methyl sites for hydroxylation is 1. The number of allylic oxidation sites excluding steroid dienone is 4. The van der Waals surface area contributed by atoms with Gasteiger partial charge in [0.2, 0.25) is 0 Å². The van der Waals surface area contributed by atoms with Gasteiger partial charge in [-0.2, -0.15) is 0 Å². The zero-order valence-electron chi connectivity index (χ0n) is 29.1. The van der Waals surface area contributed by atoms with E-state index in [9.17, 15) is 0 Å². The highest BCUT2D eigenvalue weighted by atomic mass is 32.1. The van der Waals surface area contributed by atoms with E-state index in [1.807, 2.05) is 35.6 Å². The molecule has 0 N–H and O–H groups in total. The topological polar surface area (TPSA) is 24.9 Å². The summed E-state index contributed by atoms with van der Waals surface area (Å²) in [6.07, 6.45) is 8.25. The van der Waals surface area contributed by atoms with E-state index in [1.165, 1.54) is 37.4 Å². The fourth-order valence-corrected chi connectivity index (χ4v) is 8.93. The number of para-hydroxylation sites is 5. The summed E-state index contributed by atoms with van der Waals surface area (Å²) in [4.78, 5) is 6.18. The van der Waals surface area contributed by atoms with E-state index in [0.29, 0.717) is 0 Å². The Balaban J connectivity index is 1.03. The third-order valence-corrected chi connectivity index (χ3v) is 11.5. The van der Waals surface area contributed by atoms with Crippen molar-refractivity contribution in [3.63, 3.8) is 0 Å². The SMILES string of the molecule is C1=C(c2cccc(N(C3=CC4=C(CC3)Oc3ccccc3O4)c3ccccc3)c2)CCc2sc3ccc(N(c4ccccc4)c4ccccc4)cc3c21. The van der Waals surface area contributed by atoms with Crippen LogP contribution in [0.1, 0.15) is 35.3 Å². The highest BCUT2D eigenvalue weighted by Gasteiger charge is 2.28. The van der Waals surface area contributed by atoms with Crippen LogP contribution >= 0.6 is 11.3 Å². The Morgan fingerprint density at radius 1 is 0.472 bits per heavy atom. The number of hydrogen-bond donors (Lipinski definition) is 0. The smallest absolute Gasteiger partial charge is 0.170 e. The van der Waals surface area contributed by atoms with Crippen molar-refractivity contribution in [3.8, 4) is 11.5 Å². The Labute approximate surface area is 313 Å². The Morgan fingerprint density at radius 3 is 1.81 bits per heavy atom. The molecule has 2 heterocycles. The first-order chi connectivity index (χ1) is 26.2. The number of rotatable bonds is 7. The fourth-order valence-electron chi connectivity index (χ4n) is 7.77. The van der Waals surface area contributed by atoms with Crippen LogP contribution in [-0.2, 0) is 6.42 Å². The summed E-state index contributed by atoms with van der Waals surface area (Å²) in [5, 5.41) is 1.31. The van der Waals surface area contributed by atoms with Gasteiger partial charge < -0.3 is 19.3 Å². The van der Waals surface area contributed by atoms with Crippen molar-refractivity contribution in [2.75, 3.05) is 9.80 Å². The lowest BCUT2D eigenvalue weighted by Crippen LogP contribution is -2.22. The summed E-state index contributed by atoms with van der Waals surface area (Å²) >= 11 is 1.93. The van der Waals surface area contributed by atoms with E-state index in [2.05, 4.69) is 155 Å². The Hall–Kier alpha value is -6.30. The third kappa shape index (κ3) is 5.89. The molecular formula is C48H36N2O2S. The van der Waals surface area contributed by atoms with Crippen molar-refractivity contribution in [1.29, 1.82) is 0 Å². The minimum absolute atomic E-state index is 0.751. The Bertz CT molecular complexity index is 2530. The molecule has 0 unspecified atom stereocenters. The van der Waals surface area contributed by atoms with Crippen molar-refractivity contribution in [2.45, 2.75) is 25.7 Å². The van der Waals surface area contributed by atoms with Crippen LogP contribution in [0.5, 0.6) is 11.5 Å². The maximum atomic E-state index is 6.38. The number of anilines is 5. The molecule has 0 saturated carbocycles. The summed E-state index contributed by atoms with van der Waals surface area (Å²) in [6.45, 7) is 0. The van der Waals surface area contributed by atoms with E-state index >= 15 is 0 Å². The molecule has 2 aliphatic carbocycles. The zero-order valence-corrected chi connectivity index (χ0v) is 29.9. The largest absolute Gasteiger partial charge is 0.454 e. The monoisotopic (exact) mass is 704 g/mol. The van der Waals surface area contributed by atoms with Gasteiger partial charge in [0.15, 0.2) is 17.3 Å². The lowest BCUT2D eigenvalue weighted by molar-refractivity contribution is 0.288. The van der Waals surface area contributed by atoms with Gasteiger partial charge in [-0.15, -0.1) is 11.3 Å². The molecule has 0 bridgehead atoms. The molecule has 0 atom stereocenters. The summed E-state index contributed by atoms with van der Waals surface area (Å²) in [7, 11) is 0. The van der Waals surface area contributed by atoms with Crippen LogP contribution in [0.15, 0.2) is 181 Å². The maximum Gasteiger partial charge on any atom is 0.170 e. The van der Waals surface area contributed by atoms with Crippen molar-refractivity contribution in [2.24, 2.45) is 0 Å². The normalized spacial score (nSPS) is 14.6. The minimum Gasteiger partial charge on any atom is -0.454 e. The van der Waals surface area contributed by atoms with Crippen LogP contribution in [-0.4, -0.2) is 0 Å². The number of hydrogen-bond acceptors (Lipinski definition) is 5. The van der Waals surface area contributed by atoms with E-state index in [-0.39, 0.29) is 0 Å². The number of benzene rings is 6. The van der Waals surface area contributed by atoms with Crippen molar-refractivity contribution in [1.82, 2.24) is 0 Å². The average Bonchev–Trinajstić information content (AvgIpc) is 3.59. The summed E-state index contributed by atoms with van der Waals surface area (Å²) in [5.74, 6) is 3.20. The highest BCUT2D eigenvalue weighted by molar-refractivity contribution is 7.19. The number of ether oxygens (including phenoxy) is 2. The van der Waals surface area contributed by atoms with Gasteiger partial charge in [-0.1, -0.05) is 78.9 Å². The van der Waals surface area contributed by atoms with Gasteiger partial charge >= 0.3 is 0 Å². The van der Waals surface area contributed by atoms with E-state index in [1.54, 1.807) is 0 Å². The van der Waals surface area contributed by atoms with Gasteiger partial charge in [0, 0.05) is 61.6 Å². The van der Waals surface area contributed by atoms with E-state index in [4.69, 9.17) is 9.47 Å². The maximum absolute atomic E-state index is 6.38. The van der Waals surface area contributed by atoms with Crippen LogP contribution in [0.25, 0.3) is 21.7 Å². The molecule has 0 fully saturated rings. The zero-order chi connectivity index (χ0) is 35.1. The summed E-state index contributed by atoms with van der Waals surface area (Å²) in [6, 6.07) is 55.8. The number of fused-ring (bicyclic) bond motifs is 4. The Morgan fingerprint density at radius 2 is 1.09 bits per heavy atom. The fraction of sp³-hybridized carbons (Fsp3) is 0.0833. The van der Waals surface area contributed by atoms with Crippen molar-refractivity contribution >= 4 is 61.5 Å². The van der Waals surface area contributed by atoms with Gasteiger partial charge in [-0.05, 0) is 121 Å². The minimum atomic E-state index is 0.751. The quantitative estimate of drug-likeness (QED) is 0.165. The molecule has 0 radical (unpaired) electrons. The lowest BCUT2D eigenvalue weighted by Gasteiger charge is -2.32. The van der Waals surface area contributed by atoms with Gasteiger partial charge in [0.1, 0.15) is 5.76 Å². The molecule has 6 aromatic carbocycles. The molecule has 4 nitrogen and oxygen atoms in total. The number of thiophene rings is 1. The molecule has 1 aliphatic heterocycles. The molecular weight excluding hydrogens is 669 g/mol. The predicted molar refractivity (Wildman–Crippen MR) is 220 cm³/mol. The van der Waals surface area contributed by atoms with Crippen LogP contribution < -0.4 is 19.3 Å². The first kappa shape index (κ1) is 31.4. The van der Waals surface area contributed by atoms with Gasteiger partial charge in [-0.25, -0.2) is 0 Å². The molecule has 0 spiro atoms. The first-order valence-electron chi connectivity index (χ1n) is 18.3. The third-order valence-electron chi connectivity index (χ3n) is 10.3. The van der Waals surface area contributed by atoms with E-state index in [0.717, 1.165) is 77.1 Å².